The van der Waals surface area contributed by atoms with Gasteiger partial charge in [-0.05, 0) is 97.0 Å². The zero-order chi connectivity index (χ0) is 58.6. The van der Waals surface area contributed by atoms with Crippen molar-refractivity contribution in [2.75, 3.05) is 31.5 Å². The standard InChI is InChI=1S/C59H71F2N11O9/c1-38(2)51(67-48(74)19-10-7-11-31-70-49(75)26-27-50(70)76)47(73)33-41(17-13-29-64-57(62)79)55(77)66-44-23-20-40(21-24-44)37-81-58(80)65-30-14-32-71(56(78)42-18-12-28-63-35-42)52(59(3,4)5)54-68-53(45-34-43(60)22-25-46(45)61)69-72(54)36-39-15-8-6-9-16-39/h6,8-9,12,15-16,18,20-28,34-35,38,41,51-52H,7,10-11,13-14,17,19,29-33,36-37H2,1-5H3,(H,65,80)(H,66,77)(H,67,74)(H3,62,64,79)/t41-,51+,52+/m1/s1. The second-order valence-corrected chi connectivity index (χ2v) is 21.2. The maximum Gasteiger partial charge on any atom is 0.407 e. The summed E-state index contributed by atoms with van der Waals surface area (Å²) in [7, 11) is 0. The highest BCUT2D eigenvalue weighted by atomic mass is 19.1. The molecule has 1 aliphatic rings. The van der Waals surface area contributed by atoms with Gasteiger partial charge < -0.3 is 36.6 Å². The molecule has 0 aliphatic carbocycles. The average molecular weight is 1120 g/mol. The minimum absolute atomic E-state index is 0.0555. The van der Waals surface area contributed by atoms with Crippen LogP contribution in [0.25, 0.3) is 11.4 Å². The predicted molar refractivity (Wildman–Crippen MR) is 297 cm³/mol. The number of urea groups is 1. The van der Waals surface area contributed by atoms with Gasteiger partial charge in [-0.2, -0.15) is 5.10 Å². The van der Waals surface area contributed by atoms with E-state index in [0.717, 1.165) is 28.7 Å². The lowest BCUT2D eigenvalue weighted by atomic mass is 9.84. The minimum Gasteiger partial charge on any atom is -0.445 e. The summed E-state index contributed by atoms with van der Waals surface area (Å²) in [5.74, 6) is -4.50. The fraction of sp³-hybridized carbons (Fsp3) is 0.407. The number of carbonyl (C=O) groups is 8. The number of nitrogens with one attached hydrogen (secondary N) is 4. The van der Waals surface area contributed by atoms with E-state index in [2.05, 4.69) is 31.3 Å². The summed E-state index contributed by atoms with van der Waals surface area (Å²) < 4.78 is 36.9. The quantitative estimate of drug-likeness (QED) is 0.0227. The fourth-order valence-corrected chi connectivity index (χ4v) is 9.28. The van der Waals surface area contributed by atoms with Crippen molar-refractivity contribution in [1.82, 2.24) is 45.5 Å². The van der Waals surface area contributed by atoms with Crippen molar-refractivity contribution < 1.29 is 51.9 Å². The number of hydrogen-bond acceptors (Lipinski definition) is 12. The minimum atomic E-state index is -0.876. The van der Waals surface area contributed by atoms with E-state index in [1.165, 1.54) is 18.3 Å². The Balaban J connectivity index is 1.05. The maximum atomic E-state index is 15.3. The van der Waals surface area contributed by atoms with Crippen LogP contribution in [0, 0.1) is 28.9 Å². The van der Waals surface area contributed by atoms with Crippen LogP contribution >= 0.6 is 0 Å². The Morgan fingerprint density at radius 3 is 2.20 bits per heavy atom. The third kappa shape index (κ3) is 18.4. The van der Waals surface area contributed by atoms with Gasteiger partial charge in [-0.15, -0.1) is 0 Å². The van der Waals surface area contributed by atoms with Crippen LogP contribution in [-0.4, -0.2) is 109 Å². The first-order valence-corrected chi connectivity index (χ1v) is 27.0. The highest BCUT2D eigenvalue weighted by molar-refractivity contribution is 6.12. The number of carbonyl (C=O) groups excluding carboxylic acids is 8. The van der Waals surface area contributed by atoms with Crippen molar-refractivity contribution in [3.63, 3.8) is 0 Å². The summed E-state index contributed by atoms with van der Waals surface area (Å²) in [5, 5.41) is 15.6. The monoisotopic (exact) mass is 1120 g/mol. The number of rotatable bonds is 29. The summed E-state index contributed by atoms with van der Waals surface area (Å²) in [6.45, 7) is 10.1. The summed E-state index contributed by atoms with van der Waals surface area (Å²) in [6.07, 6.45) is 7.02. The summed E-state index contributed by atoms with van der Waals surface area (Å²) in [6, 6.07) is 19.9. The molecule has 20 nitrogen and oxygen atoms in total. The molecule has 0 spiro atoms. The normalized spacial score (nSPS) is 13.4. The first kappa shape index (κ1) is 61.5. The van der Waals surface area contributed by atoms with E-state index in [-0.39, 0.29) is 112 Å². The number of halogens is 2. The smallest absolute Gasteiger partial charge is 0.407 e. The molecule has 22 heteroatoms. The number of primary amides is 1. The van der Waals surface area contributed by atoms with Crippen LogP contribution < -0.4 is 27.0 Å². The molecule has 0 saturated carbocycles. The molecule has 0 fully saturated rings. The first-order valence-electron chi connectivity index (χ1n) is 27.0. The second kappa shape index (κ2) is 29.5. The van der Waals surface area contributed by atoms with Gasteiger partial charge in [-0.3, -0.25) is 38.7 Å². The number of ether oxygens (including phenoxy) is 1. The molecule has 8 amide bonds. The Hall–Kier alpha value is -8.69. The highest BCUT2D eigenvalue weighted by Gasteiger charge is 2.40. The van der Waals surface area contributed by atoms with Gasteiger partial charge >= 0.3 is 12.1 Å². The van der Waals surface area contributed by atoms with E-state index in [1.807, 2.05) is 51.1 Å². The second-order valence-electron chi connectivity index (χ2n) is 21.2. The van der Waals surface area contributed by atoms with Gasteiger partial charge in [-0.25, -0.2) is 28.0 Å². The molecule has 3 aromatic carbocycles. The molecular weight excluding hydrogens is 1040 g/mol. The third-order valence-corrected chi connectivity index (χ3v) is 13.4. The molecule has 2 aromatic heterocycles. The number of unbranched alkanes of at least 4 members (excludes halogenated alkanes) is 2. The van der Waals surface area contributed by atoms with Crippen LogP contribution in [-0.2, 0) is 41.9 Å². The first-order chi connectivity index (χ1) is 38.7. The van der Waals surface area contributed by atoms with Gasteiger partial charge in [0, 0.05) is 75.2 Å². The average Bonchev–Trinajstić information content (AvgIpc) is 4.26. The van der Waals surface area contributed by atoms with Gasteiger partial charge in [0.25, 0.3) is 17.7 Å². The number of hydrogen-bond donors (Lipinski definition) is 5. The Kier molecular flexibility index (Phi) is 22.4. The molecule has 3 heterocycles. The van der Waals surface area contributed by atoms with Crippen molar-refractivity contribution >= 4 is 53.1 Å². The number of Topliss-reactive ketones (excluding diaryl/α,β-unsaturated/α-hetero) is 1. The highest BCUT2D eigenvalue weighted by Crippen LogP contribution is 2.39. The van der Waals surface area contributed by atoms with Crippen LogP contribution in [0.15, 0.2) is 109 Å². The molecule has 5 aromatic rings. The van der Waals surface area contributed by atoms with Crippen LogP contribution in [0.4, 0.5) is 24.1 Å². The number of aromatic nitrogens is 4. The number of anilines is 1. The van der Waals surface area contributed by atoms with Crippen molar-refractivity contribution in [1.29, 1.82) is 0 Å². The van der Waals surface area contributed by atoms with E-state index in [9.17, 15) is 42.7 Å². The molecule has 6 rings (SSSR count). The number of pyridine rings is 1. The molecule has 0 radical (unpaired) electrons. The summed E-state index contributed by atoms with van der Waals surface area (Å²) in [4.78, 5) is 115. The predicted octanol–water partition coefficient (Wildman–Crippen LogP) is 7.80. The zero-order valence-electron chi connectivity index (χ0n) is 46.3. The topological polar surface area (TPSA) is 270 Å². The van der Waals surface area contributed by atoms with Crippen LogP contribution in [0.2, 0.25) is 0 Å². The van der Waals surface area contributed by atoms with Gasteiger partial charge in [-0.1, -0.05) is 83.5 Å². The number of alkyl carbamates (subject to hydrolysis) is 1. The van der Waals surface area contributed by atoms with Crippen molar-refractivity contribution in [3.8, 4) is 11.4 Å². The van der Waals surface area contributed by atoms with Gasteiger partial charge in [0.2, 0.25) is 11.8 Å². The third-order valence-electron chi connectivity index (χ3n) is 13.4. The Morgan fingerprint density at radius 1 is 0.815 bits per heavy atom. The summed E-state index contributed by atoms with van der Waals surface area (Å²) >= 11 is 0. The van der Waals surface area contributed by atoms with E-state index in [0.29, 0.717) is 48.3 Å². The maximum absolute atomic E-state index is 15.3. The Morgan fingerprint density at radius 2 is 1.53 bits per heavy atom. The molecule has 81 heavy (non-hydrogen) atoms. The molecular formula is C59H71F2N11O9. The Labute approximate surface area is 469 Å². The lowest BCUT2D eigenvalue weighted by molar-refractivity contribution is -0.137. The molecule has 0 saturated heterocycles. The fourth-order valence-electron chi connectivity index (χ4n) is 9.28. The van der Waals surface area contributed by atoms with Crippen molar-refractivity contribution in [2.45, 2.75) is 111 Å². The molecule has 6 N–H and O–H groups in total. The molecule has 1 aliphatic heterocycles. The Bertz CT molecular complexity index is 3000. The van der Waals surface area contributed by atoms with Crippen molar-refractivity contribution in [2.24, 2.45) is 23.0 Å². The van der Waals surface area contributed by atoms with Gasteiger partial charge in [0.05, 0.1) is 29.8 Å². The van der Waals surface area contributed by atoms with Crippen molar-refractivity contribution in [3.05, 3.63) is 144 Å². The molecule has 3 atom stereocenters. The lowest BCUT2D eigenvalue weighted by Gasteiger charge is -2.39. The van der Waals surface area contributed by atoms with Crippen LogP contribution in [0.1, 0.15) is 119 Å². The number of benzene rings is 3. The largest absolute Gasteiger partial charge is 0.445 e. The molecule has 0 bridgehead atoms. The van der Waals surface area contributed by atoms with Gasteiger partial charge in [0.15, 0.2) is 17.4 Å². The van der Waals surface area contributed by atoms with E-state index in [4.69, 9.17) is 15.5 Å². The van der Waals surface area contributed by atoms with E-state index >= 15 is 4.39 Å². The van der Waals surface area contributed by atoms with E-state index in [1.54, 1.807) is 66.0 Å². The number of nitrogens with two attached hydrogens (primary N) is 1. The summed E-state index contributed by atoms with van der Waals surface area (Å²) in [5.41, 5.74) is 6.53. The zero-order valence-corrected chi connectivity index (χ0v) is 46.3. The lowest BCUT2D eigenvalue weighted by Crippen LogP contribution is -2.45. The molecule has 430 valence electrons. The number of imide groups is 1. The van der Waals surface area contributed by atoms with Crippen LogP contribution in [0.3, 0.4) is 0 Å². The van der Waals surface area contributed by atoms with Gasteiger partial charge in [0.1, 0.15) is 18.2 Å². The number of amides is 8. The number of nitrogens with zero attached hydrogens (tertiary/aromatic N) is 6. The number of ketones is 1. The van der Waals surface area contributed by atoms with E-state index < -0.39 is 53.1 Å². The van der Waals surface area contributed by atoms with Crippen LogP contribution in [0.5, 0.6) is 0 Å². The SMILES string of the molecule is CC(C)[C@H](NC(=O)CCCCCN1C(=O)C=CC1=O)C(=O)C[C@@H](CCCNC(N)=O)C(=O)Nc1ccc(COC(=O)NCCCN(C(=O)c2cccnc2)[C@@H](c2nc(-c3cc(F)ccc3F)nn2Cc2ccccc2)C(C)(C)C)cc1. The molecule has 0 unspecified atom stereocenters.